The van der Waals surface area contributed by atoms with Crippen molar-refractivity contribution in [2.75, 3.05) is 19.5 Å². The molecule has 0 bridgehead atoms. The smallest absolute Gasteiger partial charge is 0.224 e. The standard InChI is InChI=1S/C18H19ClFNO3/c1-11(14-6-5-13(23-2)10-17(14)24-3)8-18(22)21-12-4-7-16(20)15(19)9-12/h4-7,9-11H,8H2,1-3H3,(H,21,22). The molecule has 0 aliphatic rings. The minimum Gasteiger partial charge on any atom is -0.497 e. The second kappa shape index (κ2) is 8.02. The highest BCUT2D eigenvalue weighted by Crippen LogP contribution is 2.32. The predicted octanol–water partition coefficient (Wildman–Crippen LogP) is 4.63. The molecule has 128 valence electrons. The molecule has 1 N–H and O–H groups in total. The van der Waals surface area contributed by atoms with E-state index < -0.39 is 5.82 Å². The van der Waals surface area contributed by atoms with Gasteiger partial charge in [0, 0.05) is 18.2 Å². The summed E-state index contributed by atoms with van der Waals surface area (Å²) in [6.07, 6.45) is 0.248. The van der Waals surface area contributed by atoms with Gasteiger partial charge in [-0.15, -0.1) is 0 Å². The zero-order valence-corrected chi connectivity index (χ0v) is 14.5. The van der Waals surface area contributed by atoms with Crippen LogP contribution in [0.4, 0.5) is 10.1 Å². The van der Waals surface area contributed by atoms with E-state index >= 15 is 0 Å². The zero-order valence-electron chi connectivity index (χ0n) is 13.7. The monoisotopic (exact) mass is 351 g/mol. The maximum Gasteiger partial charge on any atom is 0.224 e. The van der Waals surface area contributed by atoms with E-state index in [1.165, 1.54) is 18.2 Å². The number of nitrogens with one attached hydrogen (secondary N) is 1. The average Bonchev–Trinajstić information content (AvgIpc) is 2.57. The molecule has 4 nitrogen and oxygen atoms in total. The van der Waals surface area contributed by atoms with E-state index in [-0.39, 0.29) is 23.3 Å². The average molecular weight is 352 g/mol. The van der Waals surface area contributed by atoms with Crippen LogP contribution in [0.3, 0.4) is 0 Å². The van der Waals surface area contributed by atoms with Crippen LogP contribution in [-0.4, -0.2) is 20.1 Å². The van der Waals surface area contributed by atoms with Gasteiger partial charge in [-0.25, -0.2) is 4.39 Å². The number of ether oxygens (including phenoxy) is 2. The molecular weight excluding hydrogens is 333 g/mol. The Balaban J connectivity index is 2.07. The van der Waals surface area contributed by atoms with Crippen LogP contribution in [0.15, 0.2) is 36.4 Å². The lowest BCUT2D eigenvalue weighted by Gasteiger charge is -2.16. The van der Waals surface area contributed by atoms with Gasteiger partial charge in [0.2, 0.25) is 5.91 Å². The fourth-order valence-corrected chi connectivity index (χ4v) is 2.58. The van der Waals surface area contributed by atoms with Gasteiger partial charge in [0.25, 0.3) is 0 Å². The molecule has 0 aliphatic heterocycles. The van der Waals surface area contributed by atoms with Crippen LogP contribution in [0.2, 0.25) is 5.02 Å². The molecule has 1 amide bonds. The van der Waals surface area contributed by atoms with Crippen molar-refractivity contribution in [3.8, 4) is 11.5 Å². The van der Waals surface area contributed by atoms with Crippen LogP contribution in [0.1, 0.15) is 24.8 Å². The summed E-state index contributed by atoms with van der Waals surface area (Å²) < 4.78 is 23.7. The molecule has 2 rings (SSSR count). The molecule has 6 heteroatoms. The van der Waals surface area contributed by atoms with Crippen molar-refractivity contribution in [1.82, 2.24) is 0 Å². The normalized spacial score (nSPS) is 11.7. The molecule has 0 saturated heterocycles. The number of methoxy groups -OCH3 is 2. The first-order valence-electron chi connectivity index (χ1n) is 7.41. The van der Waals surface area contributed by atoms with E-state index in [9.17, 15) is 9.18 Å². The summed E-state index contributed by atoms with van der Waals surface area (Å²) in [6, 6.07) is 9.55. The van der Waals surface area contributed by atoms with E-state index in [1.54, 1.807) is 20.3 Å². The lowest BCUT2D eigenvalue weighted by molar-refractivity contribution is -0.116. The zero-order chi connectivity index (χ0) is 17.7. The lowest BCUT2D eigenvalue weighted by atomic mass is 9.96. The van der Waals surface area contributed by atoms with Crippen molar-refractivity contribution in [3.63, 3.8) is 0 Å². The Morgan fingerprint density at radius 2 is 1.96 bits per heavy atom. The van der Waals surface area contributed by atoms with Crippen LogP contribution in [-0.2, 0) is 4.79 Å². The Hall–Kier alpha value is -2.27. The van der Waals surface area contributed by atoms with Gasteiger partial charge < -0.3 is 14.8 Å². The minimum absolute atomic E-state index is 0.0299. The van der Waals surface area contributed by atoms with Crippen LogP contribution >= 0.6 is 11.6 Å². The Morgan fingerprint density at radius 1 is 1.21 bits per heavy atom. The molecule has 0 heterocycles. The van der Waals surface area contributed by atoms with E-state index in [0.717, 1.165) is 5.56 Å². The Labute approximate surface area is 145 Å². The molecular formula is C18H19ClFNO3. The molecule has 2 aromatic carbocycles. The van der Waals surface area contributed by atoms with Crippen molar-refractivity contribution < 1.29 is 18.7 Å². The Bertz CT molecular complexity index is 736. The van der Waals surface area contributed by atoms with Crippen LogP contribution in [0, 0.1) is 5.82 Å². The molecule has 0 radical (unpaired) electrons. The number of amides is 1. The molecule has 24 heavy (non-hydrogen) atoms. The summed E-state index contributed by atoms with van der Waals surface area (Å²) in [6.45, 7) is 1.93. The maximum absolute atomic E-state index is 13.1. The highest BCUT2D eigenvalue weighted by atomic mass is 35.5. The van der Waals surface area contributed by atoms with Crippen LogP contribution < -0.4 is 14.8 Å². The summed E-state index contributed by atoms with van der Waals surface area (Å²) in [5.74, 6) is 0.573. The molecule has 1 unspecified atom stereocenters. The summed E-state index contributed by atoms with van der Waals surface area (Å²) in [4.78, 5) is 12.2. The molecule has 0 aromatic heterocycles. The number of rotatable bonds is 6. The topological polar surface area (TPSA) is 47.6 Å². The first-order chi connectivity index (χ1) is 11.4. The number of anilines is 1. The summed E-state index contributed by atoms with van der Waals surface area (Å²) in [5.41, 5.74) is 1.37. The molecule has 1 atom stereocenters. The van der Waals surface area contributed by atoms with Gasteiger partial charge >= 0.3 is 0 Å². The first kappa shape index (κ1) is 18.1. The largest absolute Gasteiger partial charge is 0.497 e. The van der Waals surface area contributed by atoms with Gasteiger partial charge in [0.1, 0.15) is 17.3 Å². The van der Waals surface area contributed by atoms with E-state index in [0.29, 0.717) is 17.2 Å². The summed E-state index contributed by atoms with van der Waals surface area (Å²) in [7, 11) is 3.16. The quantitative estimate of drug-likeness (QED) is 0.825. The van der Waals surface area contributed by atoms with Crippen LogP contribution in [0.5, 0.6) is 11.5 Å². The summed E-state index contributed by atoms with van der Waals surface area (Å²) in [5, 5.41) is 2.69. The second-order valence-electron chi connectivity index (χ2n) is 5.39. The van der Waals surface area contributed by atoms with Crippen molar-refractivity contribution in [3.05, 3.63) is 52.8 Å². The van der Waals surface area contributed by atoms with E-state index in [2.05, 4.69) is 5.32 Å². The number of halogens is 2. The number of carbonyl (C=O) groups excluding carboxylic acids is 1. The highest BCUT2D eigenvalue weighted by molar-refractivity contribution is 6.31. The third kappa shape index (κ3) is 4.38. The van der Waals surface area contributed by atoms with Gasteiger partial charge in [-0.05, 0) is 35.7 Å². The molecule has 0 saturated carbocycles. The van der Waals surface area contributed by atoms with Crippen molar-refractivity contribution >= 4 is 23.2 Å². The van der Waals surface area contributed by atoms with Crippen molar-refractivity contribution in [1.29, 1.82) is 0 Å². The fraction of sp³-hybridized carbons (Fsp3) is 0.278. The molecule has 0 fully saturated rings. The third-order valence-electron chi connectivity index (χ3n) is 3.67. The Morgan fingerprint density at radius 3 is 2.58 bits per heavy atom. The summed E-state index contributed by atoms with van der Waals surface area (Å²) >= 11 is 5.71. The predicted molar refractivity (Wildman–Crippen MR) is 92.6 cm³/mol. The number of hydrogen-bond acceptors (Lipinski definition) is 3. The fourth-order valence-electron chi connectivity index (χ4n) is 2.40. The first-order valence-corrected chi connectivity index (χ1v) is 7.79. The van der Waals surface area contributed by atoms with Crippen LogP contribution in [0.25, 0.3) is 0 Å². The lowest BCUT2D eigenvalue weighted by Crippen LogP contribution is -2.15. The van der Waals surface area contributed by atoms with Gasteiger partial charge in [0.15, 0.2) is 0 Å². The SMILES string of the molecule is COc1ccc(C(C)CC(=O)Nc2ccc(F)c(Cl)c2)c(OC)c1. The molecule has 0 aliphatic carbocycles. The van der Waals surface area contributed by atoms with Crippen molar-refractivity contribution in [2.24, 2.45) is 0 Å². The minimum atomic E-state index is -0.522. The van der Waals surface area contributed by atoms with Gasteiger partial charge in [0.05, 0.1) is 19.2 Å². The third-order valence-corrected chi connectivity index (χ3v) is 3.96. The highest BCUT2D eigenvalue weighted by Gasteiger charge is 2.16. The second-order valence-corrected chi connectivity index (χ2v) is 5.80. The number of carbonyl (C=O) groups is 1. The van der Waals surface area contributed by atoms with Gasteiger partial charge in [-0.2, -0.15) is 0 Å². The Kier molecular flexibility index (Phi) is 6.04. The number of hydrogen-bond donors (Lipinski definition) is 1. The maximum atomic E-state index is 13.1. The molecule has 2 aromatic rings. The van der Waals surface area contributed by atoms with Crippen molar-refractivity contribution in [2.45, 2.75) is 19.3 Å². The number of benzene rings is 2. The van der Waals surface area contributed by atoms with Gasteiger partial charge in [-0.3, -0.25) is 4.79 Å². The van der Waals surface area contributed by atoms with E-state index in [4.69, 9.17) is 21.1 Å². The van der Waals surface area contributed by atoms with E-state index in [1.807, 2.05) is 19.1 Å². The van der Waals surface area contributed by atoms with Gasteiger partial charge in [-0.1, -0.05) is 24.6 Å². The molecule has 0 spiro atoms.